The minimum atomic E-state index is -4.67. The van der Waals surface area contributed by atoms with Crippen LogP contribution >= 0.6 is 0 Å². The maximum absolute atomic E-state index is 13.6. The molecule has 4 rings (SSSR count). The van der Waals surface area contributed by atoms with Gasteiger partial charge in [-0.1, -0.05) is 42.5 Å². The lowest BCUT2D eigenvalue weighted by Gasteiger charge is -2.20. The minimum absolute atomic E-state index is 0.0504. The average Bonchev–Trinajstić information content (AvgIpc) is 3.36. The zero-order valence-corrected chi connectivity index (χ0v) is 23.1. The van der Waals surface area contributed by atoms with Gasteiger partial charge in [-0.2, -0.15) is 18.3 Å². The van der Waals surface area contributed by atoms with Gasteiger partial charge < -0.3 is 0 Å². The maximum atomic E-state index is 13.6. The van der Waals surface area contributed by atoms with Crippen molar-refractivity contribution in [1.29, 1.82) is 0 Å². The van der Waals surface area contributed by atoms with E-state index in [4.69, 9.17) is 5.14 Å². The predicted molar refractivity (Wildman–Crippen MR) is 145 cm³/mol. The summed E-state index contributed by atoms with van der Waals surface area (Å²) in [6, 6.07) is 17.4. The maximum Gasteiger partial charge on any atom is 0.416 e. The van der Waals surface area contributed by atoms with Gasteiger partial charge in [-0.3, -0.25) is 0 Å². The number of nitrogens with one attached hydrogen (secondary N) is 1. The van der Waals surface area contributed by atoms with Crippen LogP contribution in [0.4, 0.5) is 17.6 Å². The number of hydrogen-bond acceptors (Lipinski definition) is 6. The highest BCUT2D eigenvalue weighted by molar-refractivity contribution is 7.90. The van der Waals surface area contributed by atoms with Gasteiger partial charge in [-0.15, -0.1) is 0 Å². The van der Waals surface area contributed by atoms with Crippen LogP contribution in [0.2, 0.25) is 0 Å². The largest absolute Gasteiger partial charge is 0.416 e. The second-order valence-corrected chi connectivity index (χ2v) is 12.9. The Hall–Kier alpha value is -3.82. The SMILES string of the molecule is CC(CN=C(NS(=O)(=O)c1ccc(C(F)(F)F)cc1)N1C[C@H](c2ccccc2)C(c2ccc(F)cc2)=N1)S(N)(=O)=O. The summed E-state index contributed by atoms with van der Waals surface area (Å²) >= 11 is 0. The fourth-order valence-electron chi connectivity index (χ4n) is 3.95. The summed E-state index contributed by atoms with van der Waals surface area (Å²) in [4.78, 5) is 3.67. The highest BCUT2D eigenvalue weighted by Crippen LogP contribution is 2.31. The topological polar surface area (TPSA) is 134 Å². The molecule has 0 bridgehead atoms. The van der Waals surface area contributed by atoms with Crippen molar-refractivity contribution in [3.05, 3.63) is 101 Å². The van der Waals surface area contributed by atoms with Gasteiger partial charge in [-0.05, 0) is 54.4 Å². The number of sulfonamides is 2. The molecule has 3 aromatic rings. The van der Waals surface area contributed by atoms with Crippen LogP contribution in [0.5, 0.6) is 0 Å². The number of nitrogens with zero attached hydrogens (tertiary/aromatic N) is 3. The van der Waals surface area contributed by atoms with E-state index in [1.165, 1.54) is 36.2 Å². The number of alkyl halides is 3. The van der Waals surface area contributed by atoms with E-state index in [1.807, 2.05) is 18.2 Å². The number of halogens is 4. The minimum Gasteiger partial charge on any atom is -0.249 e. The van der Waals surface area contributed by atoms with E-state index in [-0.39, 0.29) is 12.5 Å². The number of benzene rings is 3. The Labute approximate surface area is 234 Å². The fraction of sp³-hybridized carbons (Fsp3) is 0.231. The van der Waals surface area contributed by atoms with Crippen LogP contribution in [-0.4, -0.2) is 51.9 Å². The van der Waals surface area contributed by atoms with Crippen LogP contribution in [0.15, 0.2) is 93.9 Å². The van der Waals surface area contributed by atoms with Gasteiger partial charge in [0.25, 0.3) is 10.0 Å². The Morgan fingerprint density at radius 2 is 1.63 bits per heavy atom. The average molecular weight is 612 g/mol. The normalized spacial score (nSPS) is 17.3. The standard InChI is InChI=1S/C26H25F4N5O4S2/c1-17(40(31,36)37)15-32-25(34-41(38,39)22-13-9-20(10-14-22)26(28,29)30)35-16-23(18-5-3-2-4-6-18)24(33-35)19-7-11-21(27)12-8-19/h2-14,17,23H,15-16H2,1H3,(H,32,34)(H2,31,36,37)/t17?,23-/m1/s1. The van der Waals surface area contributed by atoms with Crippen molar-refractivity contribution >= 4 is 31.7 Å². The molecule has 9 nitrogen and oxygen atoms in total. The van der Waals surface area contributed by atoms with E-state index in [0.29, 0.717) is 23.4 Å². The third-order valence-corrected chi connectivity index (χ3v) is 8.89. The van der Waals surface area contributed by atoms with Crippen molar-refractivity contribution in [2.45, 2.75) is 29.2 Å². The number of nitrogens with two attached hydrogens (primary N) is 1. The number of rotatable bonds is 7. The van der Waals surface area contributed by atoms with E-state index in [2.05, 4.69) is 14.8 Å². The van der Waals surface area contributed by atoms with Gasteiger partial charge in [0.15, 0.2) is 0 Å². The number of guanidine groups is 1. The molecule has 0 fully saturated rings. The molecular weight excluding hydrogens is 586 g/mol. The smallest absolute Gasteiger partial charge is 0.249 e. The van der Waals surface area contributed by atoms with E-state index >= 15 is 0 Å². The first-order valence-electron chi connectivity index (χ1n) is 12.1. The third-order valence-electron chi connectivity index (χ3n) is 6.28. The van der Waals surface area contributed by atoms with E-state index in [9.17, 15) is 34.4 Å². The summed E-state index contributed by atoms with van der Waals surface area (Å²) in [5.41, 5.74) is 0.773. The molecule has 2 atom stereocenters. The molecule has 1 unspecified atom stereocenters. The van der Waals surface area contributed by atoms with Crippen molar-refractivity contribution in [2.75, 3.05) is 13.1 Å². The van der Waals surface area contributed by atoms with E-state index in [0.717, 1.165) is 17.7 Å². The number of hydrogen-bond donors (Lipinski definition) is 2. The molecule has 0 spiro atoms. The Morgan fingerprint density at radius 3 is 2.20 bits per heavy atom. The molecular formula is C26H25F4N5O4S2. The molecule has 1 aliphatic heterocycles. The van der Waals surface area contributed by atoms with Crippen molar-refractivity contribution < 1.29 is 34.4 Å². The zero-order chi connectivity index (χ0) is 30.0. The molecule has 218 valence electrons. The van der Waals surface area contributed by atoms with Crippen LogP contribution in [0, 0.1) is 5.82 Å². The quantitative estimate of drug-likeness (QED) is 0.239. The number of aliphatic imine (C=N–C) groups is 1. The van der Waals surface area contributed by atoms with Crippen molar-refractivity contribution in [1.82, 2.24) is 9.73 Å². The van der Waals surface area contributed by atoms with Crippen LogP contribution in [-0.2, 0) is 26.2 Å². The Balaban J connectivity index is 1.75. The van der Waals surface area contributed by atoms with Gasteiger partial charge >= 0.3 is 6.18 Å². The summed E-state index contributed by atoms with van der Waals surface area (Å²) in [5.74, 6) is -1.28. The van der Waals surface area contributed by atoms with Gasteiger partial charge in [0.2, 0.25) is 16.0 Å². The molecule has 0 saturated carbocycles. The predicted octanol–water partition coefficient (Wildman–Crippen LogP) is 3.66. The number of primary sulfonamides is 1. The van der Waals surface area contributed by atoms with Crippen LogP contribution in [0.1, 0.15) is 29.5 Å². The summed E-state index contributed by atoms with van der Waals surface area (Å²) in [6.45, 7) is 0.886. The Bertz CT molecular complexity index is 1660. The van der Waals surface area contributed by atoms with E-state index < -0.39 is 60.2 Å². The Morgan fingerprint density at radius 1 is 1.02 bits per heavy atom. The zero-order valence-electron chi connectivity index (χ0n) is 21.5. The highest BCUT2D eigenvalue weighted by Gasteiger charge is 2.34. The number of hydrazone groups is 1. The van der Waals surface area contributed by atoms with E-state index in [1.54, 1.807) is 12.1 Å². The second-order valence-electron chi connectivity index (χ2n) is 9.23. The van der Waals surface area contributed by atoms with Crippen molar-refractivity contribution in [3.63, 3.8) is 0 Å². The molecule has 0 aromatic heterocycles. The molecule has 1 aliphatic rings. The molecule has 3 N–H and O–H groups in total. The second kappa shape index (κ2) is 11.6. The molecule has 0 amide bonds. The van der Waals surface area contributed by atoms with Crippen LogP contribution < -0.4 is 9.86 Å². The molecule has 41 heavy (non-hydrogen) atoms. The van der Waals surface area contributed by atoms with Crippen molar-refractivity contribution in [2.24, 2.45) is 15.2 Å². The monoisotopic (exact) mass is 611 g/mol. The van der Waals surface area contributed by atoms with Gasteiger partial charge in [0, 0.05) is 5.92 Å². The van der Waals surface area contributed by atoms with Gasteiger partial charge in [0.1, 0.15) is 5.82 Å². The molecule has 0 saturated heterocycles. The summed E-state index contributed by atoms with van der Waals surface area (Å²) in [5, 5.41) is 9.77. The highest BCUT2D eigenvalue weighted by atomic mass is 32.2. The molecule has 3 aromatic carbocycles. The first-order chi connectivity index (χ1) is 19.1. The molecule has 0 radical (unpaired) electrons. The summed E-state index contributed by atoms with van der Waals surface area (Å²) in [7, 11) is -8.53. The summed E-state index contributed by atoms with van der Waals surface area (Å²) < 4.78 is 105. The van der Waals surface area contributed by atoms with Gasteiger partial charge in [-0.25, -0.2) is 41.1 Å². The van der Waals surface area contributed by atoms with Crippen LogP contribution in [0.25, 0.3) is 0 Å². The van der Waals surface area contributed by atoms with Gasteiger partial charge in [0.05, 0.1) is 34.5 Å². The Kier molecular flexibility index (Phi) is 8.52. The molecule has 1 heterocycles. The fourth-order valence-corrected chi connectivity index (χ4v) is 5.25. The van der Waals surface area contributed by atoms with Crippen LogP contribution in [0.3, 0.4) is 0 Å². The molecule has 0 aliphatic carbocycles. The molecule has 15 heteroatoms. The first kappa shape index (κ1) is 30.1. The lowest BCUT2D eigenvalue weighted by Crippen LogP contribution is -2.42. The summed E-state index contributed by atoms with van der Waals surface area (Å²) in [6.07, 6.45) is -4.67. The third kappa shape index (κ3) is 7.28. The van der Waals surface area contributed by atoms with Crippen molar-refractivity contribution in [3.8, 4) is 0 Å². The lowest BCUT2D eigenvalue weighted by molar-refractivity contribution is -0.137. The first-order valence-corrected chi connectivity index (χ1v) is 15.2. The lowest BCUT2D eigenvalue weighted by atomic mass is 9.91.